The number of nitrogens with one attached hydrogen (secondary N) is 1. The number of hydrogen-bond donors (Lipinski definition) is 3. The van der Waals surface area contributed by atoms with Crippen molar-refractivity contribution in [3.8, 4) is 0 Å². The van der Waals surface area contributed by atoms with Gasteiger partial charge in [0, 0.05) is 19.0 Å². The van der Waals surface area contributed by atoms with E-state index in [1.807, 2.05) is 0 Å². The number of rotatable bonds is 8. The highest BCUT2D eigenvalue weighted by atomic mass is 16.3. The molecule has 2 aliphatic carbocycles. The van der Waals surface area contributed by atoms with Gasteiger partial charge in [-0.05, 0) is 31.1 Å². The van der Waals surface area contributed by atoms with Crippen LogP contribution >= 0.6 is 0 Å². The Morgan fingerprint density at radius 3 is 2.00 bits per heavy atom. The number of aliphatic hydroxyl groups is 1. The Morgan fingerprint density at radius 2 is 1.50 bits per heavy atom. The molecule has 0 bridgehead atoms. The third-order valence-electron chi connectivity index (χ3n) is 6.31. The lowest BCUT2D eigenvalue weighted by atomic mass is 9.79. The van der Waals surface area contributed by atoms with Crippen LogP contribution in [0.3, 0.4) is 0 Å². The Kier molecular flexibility index (Phi) is 8.54. The molecule has 2 unspecified atom stereocenters. The molecule has 0 saturated heterocycles. The number of carbonyl (C=O) groups excluding carboxylic acids is 1. The molecular formula is C20H38N2O2. The maximum Gasteiger partial charge on any atom is 0.222 e. The molecule has 4 heteroatoms. The van der Waals surface area contributed by atoms with Crippen LogP contribution in [0.1, 0.15) is 83.5 Å². The van der Waals surface area contributed by atoms with Crippen molar-refractivity contribution in [3.63, 3.8) is 0 Å². The van der Waals surface area contributed by atoms with Gasteiger partial charge in [-0.3, -0.25) is 4.79 Å². The van der Waals surface area contributed by atoms with Crippen molar-refractivity contribution in [2.45, 2.75) is 95.6 Å². The van der Waals surface area contributed by atoms with Gasteiger partial charge in [-0.2, -0.15) is 0 Å². The van der Waals surface area contributed by atoms with Gasteiger partial charge >= 0.3 is 0 Å². The normalized spacial score (nSPS) is 24.3. The Bertz CT molecular complexity index is 363. The van der Waals surface area contributed by atoms with Crippen LogP contribution in [0.4, 0.5) is 0 Å². The van der Waals surface area contributed by atoms with Crippen molar-refractivity contribution in [1.82, 2.24) is 5.32 Å². The van der Waals surface area contributed by atoms with Crippen LogP contribution in [0.25, 0.3) is 0 Å². The van der Waals surface area contributed by atoms with Crippen LogP contribution in [0, 0.1) is 17.8 Å². The fourth-order valence-corrected chi connectivity index (χ4v) is 4.77. The second kappa shape index (κ2) is 10.4. The summed E-state index contributed by atoms with van der Waals surface area (Å²) >= 11 is 0. The van der Waals surface area contributed by atoms with E-state index in [0.29, 0.717) is 18.3 Å². The predicted molar refractivity (Wildman–Crippen MR) is 98.5 cm³/mol. The predicted octanol–water partition coefficient (Wildman–Crippen LogP) is 3.37. The minimum atomic E-state index is -0.558. The zero-order valence-electron chi connectivity index (χ0n) is 15.5. The van der Waals surface area contributed by atoms with Crippen LogP contribution in [-0.2, 0) is 4.79 Å². The Morgan fingerprint density at radius 1 is 1.00 bits per heavy atom. The van der Waals surface area contributed by atoms with E-state index in [1.165, 1.54) is 64.2 Å². The molecule has 0 aromatic heterocycles. The first kappa shape index (κ1) is 19.7. The zero-order valence-corrected chi connectivity index (χ0v) is 15.5. The van der Waals surface area contributed by atoms with Gasteiger partial charge < -0.3 is 16.2 Å². The smallest absolute Gasteiger partial charge is 0.222 e. The average molecular weight is 339 g/mol. The van der Waals surface area contributed by atoms with E-state index in [4.69, 9.17) is 5.73 Å². The molecule has 4 nitrogen and oxygen atoms in total. The molecule has 0 spiro atoms. The second-order valence-electron chi connectivity index (χ2n) is 8.26. The summed E-state index contributed by atoms with van der Waals surface area (Å²) in [5, 5.41) is 13.4. The van der Waals surface area contributed by atoms with E-state index >= 15 is 0 Å². The Labute approximate surface area is 148 Å². The molecule has 0 aliphatic heterocycles. The molecule has 0 aromatic rings. The van der Waals surface area contributed by atoms with Crippen molar-refractivity contribution >= 4 is 5.91 Å². The van der Waals surface area contributed by atoms with Gasteiger partial charge in [0.25, 0.3) is 0 Å². The summed E-state index contributed by atoms with van der Waals surface area (Å²) in [6, 6.07) is -0.188. The van der Waals surface area contributed by atoms with Crippen molar-refractivity contribution in [2.75, 3.05) is 7.05 Å². The molecule has 140 valence electrons. The first-order valence-electron chi connectivity index (χ1n) is 10.3. The minimum Gasteiger partial charge on any atom is -0.391 e. The van der Waals surface area contributed by atoms with Crippen LogP contribution in [0.15, 0.2) is 0 Å². The topological polar surface area (TPSA) is 75.3 Å². The standard InChI is InChI=1S/C20H38N2O2/c1-22-20(24)17(12-15-8-4-2-5-9-15)14-19(23)18(21)13-16-10-6-3-7-11-16/h15-19,23H,2-14,21H2,1H3,(H,22,24)/t17?,18-,19?/m0/s1. The zero-order chi connectivity index (χ0) is 17.4. The molecule has 0 heterocycles. The molecule has 0 aromatic carbocycles. The quantitative estimate of drug-likeness (QED) is 0.635. The van der Waals surface area contributed by atoms with Crippen LogP contribution in [0.5, 0.6) is 0 Å². The number of hydrogen-bond acceptors (Lipinski definition) is 3. The van der Waals surface area contributed by atoms with E-state index in [9.17, 15) is 9.90 Å². The molecule has 2 aliphatic rings. The summed E-state index contributed by atoms with van der Waals surface area (Å²) in [6.07, 6.45) is 14.6. The lowest BCUT2D eigenvalue weighted by molar-refractivity contribution is -0.126. The number of carbonyl (C=O) groups is 1. The number of amides is 1. The van der Waals surface area contributed by atoms with Gasteiger partial charge in [0.1, 0.15) is 0 Å². The van der Waals surface area contributed by atoms with Crippen molar-refractivity contribution < 1.29 is 9.90 Å². The SMILES string of the molecule is CNC(=O)C(CC1CCCCC1)CC(O)[C@@H](N)CC1CCCCC1. The lowest BCUT2D eigenvalue weighted by Crippen LogP contribution is -2.41. The maximum atomic E-state index is 12.3. The summed E-state index contributed by atoms with van der Waals surface area (Å²) in [5.74, 6) is 1.29. The number of nitrogens with two attached hydrogens (primary N) is 1. The van der Waals surface area contributed by atoms with Gasteiger partial charge in [-0.1, -0.05) is 64.2 Å². The van der Waals surface area contributed by atoms with Crippen molar-refractivity contribution in [1.29, 1.82) is 0 Å². The third-order valence-corrected chi connectivity index (χ3v) is 6.31. The van der Waals surface area contributed by atoms with Crippen molar-refractivity contribution in [3.05, 3.63) is 0 Å². The van der Waals surface area contributed by atoms with E-state index in [2.05, 4.69) is 5.32 Å². The molecule has 2 fully saturated rings. The van der Waals surface area contributed by atoms with Gasteiger partial charge in [-0.15, -0.1) is 0 Å². The highest BCUT2D eigenvalue weighted by Gasteiger charge is 2.29. The summed E-state index contributed by atoms with van der Waals surface area (Å²) in [4.78, 5) is 12.3. The fourth-order valence-electron chi connectivity index (χ4n) is 4.77. The van der Waals surface area contributed by atoms with E-state index in [1.54, 1.807) is 7.05 Å². The highest BCUT2D eigenvalue weighted by Crippen LogP contribution is 2.32. The molecular weight excluding hydrogens is 300 g/mol. The summed E-state index contributed by atoms with van der Waals surface area (Å²) < 4.78 is 0. The van der Waals surface area contributed by atoms with Crippen LogP contribution in [-0.4, -0.2) is 30.2 Å². The molecule has 2 rings (SSSR count). The third kappa shape index (κ3) is 6.36. The van der Waals surface area contributed by atoms with Gasteiger partial charge in [-0.25, -0.2) is 0 Å². The highest BCUT2D eigenvalue weighted by molar-refractivity contribution is 5.78. The van der Waals surface area contributed by atoms with Crippen LogP contribution < -0.4 is 11.1 Å². The largest absolute Gasteiger partial charge is 0.391 e. The molecule has 3 atom stereocenters. The molecule has 0 radical (unpaired) electrons. The second-order valence-corrected chi connectivity index (χ2v) is 8.26. The Balaban J connectivity index is 1.82. The van der Waals surface area contributed by atoms with Gasteiger partial charge in [0.2, 0.25) is 5.91 Å². The molecule has 4 N–H and O–H groups in total. The van der Waals surface area contributed by atoms with Gasteiger partial charge in [0.05, 0.1) is 6.10 Å². The summed E-state index contributed by atoms with van der Waals surface area (Å²) in [5.41, 5.74) is 6.29. The molecule has 24 heavy (non-hydrogen) atoms. The van der Waals surface area contributed by atoms with Crippen molar-refractivity contribution in [2.24, 2.45) is 23.5 Å². The van der Waals surface area contributed by atoms with Gasteiger partial charge in [0.15, 0.2) is 0 Å². The maximum absolute atomic E-state index is 12.3. The minimum absolute atomic E-state index is 0.0736. The average Bonchev–Trinajstić information content (AvgIpc) is 2.62. The molecule has 2 saturated carbocycles. The lowest BCUT2D eigenvalue weighted by Gasteiger charge is -2.30. The van der Waals surface area contributed by atoms with E-state index in [-0.39, 0.29) is 17.9 Å². The first-order chi connectivity index (χ1) is 11.6. The van der Waals surface area contributed by atoms with E-state index in [0.717, 1.165) is 12.8 Å². The Hall–Kier alpha value is -0.610. The van der Waals surface area contributed by atoms with E-state index < -0.39 is 6.10 Å². The molecule has 1 amide bonds. The fraction of sp³-hybridized carbons (Fsp3) is 0.950. The monoisotopic (exact) mass is 338 g/mol. The number of aliphatic hydroxyl groups excluding tert-OH is 1. The summed E-state index contributed by atoms with van der Waals surface area (Å²) in [6.45, 7) is 0. The summed E-state index contributed by atoms with van der Waals surface area (Å²) in [7, 11) is 1.70. The first-order valence-corrected chi connectivity index (χ1v) is 10.3. The van der Waals surface area contributed by atoms with Crippen LogP contribution in [0.2, 0.25) is 0 Å².